The van der Waals surface area contributed by atoms with E-state index in [-0.39, 0.29) is 18.7 Å². The number of benzene rings is 1. The molecule has 1 saturated heterocycles. The van der Waals surface area contributed by atoms with E-state index in [0.29, 0.717) is 12.1 Å². The Balaban J connectivity index is 2.07. The second-order valence-electron chi connectivity index (χ2n) is 5.55. The molecule has 2 N–H and O–H groups in total. The van der Waals surface area contributed by atoms with Gasteiger partial charge in [0.1, 0.15) is 11.9 Å². The van der Waals surface area contributed by atoms with Crippen LogP contribution < -0.4 is 5.32 Å². The number of amides is 1. The van der Waals surface area contributed by atoms with Gasteiger partial charge in [0.25, 0.3) is 0 Å². The van der Waals surface area contributed by atoms with Gasteiger partial charge in [-0.15, -0.1) is 0 Å². The predicted molar refractivity (Wildman–Crippen MR) is 78.0 cm³/mol. The van der Waals surface area contributed by atoms with Gasteiger partial charge in [0.05, 0.1) is 25.3 Å². The number of carbonyl (C=O) groups is 2. The molecule has 1 fully saturated rings. The first kappa shape index (κ1) is 19.0. The summed E-state index contributed by atoms with van der Waals surface area (Å²) >= 11 is 0. The van der Waals surface area contributed by atoms with E-state index in [4.69, 9.17) is 0 Å². The van der Waals surface area contributed by atoms with Gasteiger partial charge in [-0.05, 0) is 18.2 Å². The summed E-state index contributed by atoms with van der Waals surface area (Å²) in [6, 6.07) is 0.871. The van der Waals surface area contributed by atoms with E-state index >= 15 is 0 Å². The lowest BCUT2D eigenvalue weighted by Crippen LogP contribution is -2.43. The summed E-state index contributed by atoms with van der Waals surface area (Å²) in [6.07, 6.45) is -5.62. The molecule has 0 aromatic heterocycles. The quantitative estimate of drug-likeness (QED) is 0.624. The summed E-state index contributed by atoms with van der Waals surface area (Å²) in [5.74, 6) is -2.44. The van der Waals surface area contributed by atoms with Gasteiger partial charge in [0, 0.05) is 18.7 Å². The molecule has 6 nitrogen and oxygen atoms in total. The highest BCUT2D eigenvalue weighted by atomic mass is 19.4. The smallest absolute Gasteiger partial charge is 0.416 e. The molecule has 0 radical (unpaired) electrons. The molecule has 1 heterocycles. The number of halogens is 4. The number of aliphatic hydroxyl groups is 1. The minimum Gasteiger partial charge on any atom is -0.467 e. The SMILES string of the molecule is COC(=O)C1CC(O)CN1C(=O)CNc1cc(F)cc(C(F)(F)F)c1. The number of rotatable bonds is 4. The Morgan fingerprint density at radius 3 is 2.64 bits per heavy atom. The summed E-state index contributed by atoms with van der Waals surface area (Å²) in [5.41, 5.74) is -1.42. The molecule has 0 bridgehead atoms. The van der Waals surface area contributed by atoms with Crippen LogP contribution in [0.25, 0.3) is 0 Å². The second-order valence-corrected chi connectivity index (χ2v) is 5.55. The largest absolute Gasteiger partial charge is 0.467 e. The summed E-state index contributed by atoms with van der Waals surface area (Å²) in [6.45, 7) is -0.571. The highest BCUT2D eigenvalue weighted by Gasteiger charge is 2.39. The first-order valence-corrected chi connectivity index (χ1v) is 7.29. The minimum absolute atomic E-state index is 0.0105. The van der Waals surface area contributed by atoms with Gasteiger partial charge in [0.2, 0.25) is 5.91 Å². The number of methoxy groups -OCH3 is 1. The van der Waals surface area contributed by atoms with Crippen molar-refractivity contribution in [2.24, 2.45) is 0 Å². The third-order valence-corrected chi connectivity index (χ3v) is 3.74. The second kappa shape index (κ2) is 7.26. The predicted octanol–water partition coefficient (Wildman–Crippen LogP) is 1.39. The molecular weight excluding hydrogens is 348 g/mol. The molecular formula is C15H16F4N2O4. The van der Waals surface area contributed by atoms with Crippen molar-refractivity contribution in [3.05, 3.63) is 29.6 Å². The number of β-amino-alcohol motifs (C(OH)–C–C–N with tert-alkyl or cyclic N) is 1. The van der Waals surface area contributed by atoms with Gasteiger partial charge in [-0.2, -0.15) is 13.2 Å². The number of nitrogens with one attached hydrogen (secondary N) is 1. The lowest BCUT2D eigenvalue weighted by Gasteiger charge is -2.22. The summed E-state index contributed by atoms with van der Waals surface area (Å²) in [5, 5.41) is 12.0. The van der Waals surface area contributed by atoms with E-state index in [1.54, 1.807) is 0 Å². The highest BCUT2D eigenvalue weighted by Crippen LogP contribution is 2.31. The molecule has 0 aliphatic carbocycles. The van der Waals surface area contributed by atoms with Crippen LogP contribution in [0.4, 0.5) is 23.2 Å². The standard InChI is InChI=1S/C15H16F4N2O4/c1-25-14(24)12-5-11(22)7-21(12)13(23)6-20-10-3-8(15(17,18)19)2-9(16)4-10/h2-4,11-12,20,22H,5-7H2,1H3. The van der Waals surface area contributed by atoms with Crippen molar-refractivity contribution >= 4 is 17.6 Å². The molecule has 1 aromatic carbocycles. The van der Waals surface area contributed by atoms with E-state index in [1.165, 1.54) is 0 Å². The number of alkyl halides is 3. The average molecular weight is 364 g/mol. The number of esters is 1. The maximum Gasteiger partial charge on any atom is 0.416 e. The summed E-state index contributed by atoms with van der Waals surface area (Å²) < 4.78 is 55.9. The third-order valence-electron chi connectivity index (χ3n) is 3.74. The van der Waals surface area contributed by atoms with E-state index in [2.05, 4.69) is 10.1 Å². The number of hydrogen-bond donors (Lipinski definition) is 2. The Bertz CT molecular complexity index is 665. The Morgan fingerprint density at radius 1 is 1.36 bits per heavy atom. The summed E-state index contributed by atoms with van der Waals surface area (Å²) in [4.78, 5) is 24.9. The Morgan fingerprint density at radius 2 is 2.04 bits per heavy atom. The van der Waals surface area contributed by atoms with Crippen LogP contribution in [0.1, 0.15) is 12.0 Å². The lowest BCUT2D eigenvalue weighted by atomic mass is 10.2. The molecule has 0 spiro atoms. The number of hydrogen-bond acceptors (Lipinski definition) is 5. The van der Waals surface area contributed by atoms with Crippen molar-refractivity contribution in [1.29, 1.82) is 0 Å². The van der Waals surface area contributed by atoms with Crippen LogP contribution in [0.2, 0.25) is 0 Å². The molecule has 2 atom stereocenters. The topological polar surface area (TPSA) is 78.9 Å². The molecule has 0 saturated carbocycles. The zero-order valence-corrected chi connectivity index (χ0v) is 13.1. The molecule has 2 rings (SSSR count). The normalized spacial score (nSPS) is 20.5. The van der Waals surface area contributed by atoms with Crippen molar-refractivity contribution in [3.63, 3.8) is 0 Å². The van der Waals surface area contributed by atoms with E-state index in [0.717, 1.165) is 18.1 Å². The van der Waals surface area contributed by atoms with Crippen molar-refractivity contribution in [2.45, 2.75) is 24.7 Å². The molecule has 1 amide bonds. The van der Waals surface area contributed by atoms with Crippen molar-refractivity contribution in [2.75, 3.05) is 25.5 Å². The Labute approximate surface area is 140 Å². The molecule has 1 aromatic rings. The van der Waals surface area contributed by atoms with E-state index < -0.39 is 48.1 Å². The van der Waals surface area contributed by atoms with Gasteiger partial charge < -0.3 is 20.1 Å². The zero-order chi connectivity index (χ0) is 18.8. The van der Waals surface area contributed by atoms with Crippen molar-refractivity contribution in [1.82, 2.24) is 4.90 Å². The maximum absolute atomic E-state index is 13.3. The molecule has 1 aliphatic heterocycles. The van der Waals surface area contributed by atoms with Gasteiger partial charge in [0.15, 0.2) is 0 Å². The van der Waals surface area contributed by atoms with Gasteiger partial charge in [-0.3, -0.25) is 4.79 Å². The monoisotopic (exact) mass is 364 g/mol. The van der Waals surface area contributed by atoms with Crippen molar-refractivity contribution < 1.29 is 37.0 Å². The molecule has 1 aliphatic rings. The van der Waals surface area contributed by atoms with E-state index in [1.807, 2.05) is 0 Å². The van der Waals surface area contributed by atoms with Crippen LogP contribution in [-0.4, -0.2) is 54.2 Å². The molecule has 25 heavy (non-hydrogen) atoms. The van der Waals surface area contributed by atoms with Gasteiger partial charge in [-0.1, -0.05) is 0 Å². The van der Waals surface area contributed by atoms with Crippen LogP contribution in [0.3, 0.4) is 0 Å². The number of likely N-dealkylation sites (tertiary alicyclic amines) is 1. The van der Waals surface area contributed by atoms with Crippen LogP contribution in [-0.2, 0) is 20.5 Å². The lowest BCUT2D eigenvalue weighted by molar-refractivity contribution is -0.150. The fourth-order valence-electron chi connectivity index (χ4n) is 2.58. The maximum atomic E-state index is 13.3. The van der Waals surface area contributed by atoms with Crippen LogP contribution in [0.5, 0.6) is 0 Å². The number of nitrogens with zero attached hydrogens (tertiary/aromatic N) is 1. The van der Waals surface area contributed by atoms with E-state index in [9.17, 15) is 32.3 Å². The first-order chi connectivity index (χ1) is 11.6. The Hall–Kier alpha value is -2.36. The van der Waals surface area contributed by atoms with Crippen molar-refractivity contribution in [3.8, 4) is 0 Å². The van der Waals surface area contributed by atoms with Crippen LogP contribution in [0.15, 0.2) is 18.2 Å². The Kier molecular flexibility index (Phi) is 5.51. The number of ether oxygens (including phenoxy) is 1. The molecule has 2 unspecified atom stereocenters. The van der Waals surface area contributed by atoms with Gasteiger partial charge >= 0.3 is 12.1 Å². The fourth-order valence-corrected chi connectivity index (χ4v) is 2.58. The van der Waals surface area contributed by atoms with Crippen LogP contribution in [0, 0.1) is 5.82 Å². The average Bonchev–Trinajstić information content (AvgIpc) is 2.92. The van der Waals surface area contributed by atoms with Gasteiger partial charge in [-0.25, -0.2) is 9.18 Å². The first-order valence-electron chi connectivity index (χ1n) is 7.29. The third kappa shape index (κ3) is 4.59. The number of aliphatic hydroxyl groups excluding tert-OH is 1. The fraction of sp³-hybridized carbons (Fsp3) is 0.467. The zero-order valence-electron chi connectivity index (χ0n) is 13.1. The number of anilines is 1. The summed E-state index contributed by atoms with van der Waals surface area (Å²) in [7, 11) is 1.14. The highest BCUT2D eigenvalue weighted by molar-refractivity contribution is 5.87. The minimum atomic E-state index is -4.72. The molecule has 138 valence electrons. The van der Waals surface area contributed by atoms with Crippen LogP contribution >= 0.6 is 0 Å². The number of carbonyl (C=O) groups excluding carboxylic acids is 2. The molecule has 10 heteroatoms.